The lowest BCUT2D eigenvalue weighted by atomic mass is 9.79. The summed E-state index contributed by atoms with van der Waals surface area (Å²) in [6.45, 7) is 21.3. The van der Waals surface area contributed by atoms with Crippen LogP contribution in [-0.2, 0) is 23.7 Å². The van der Waals surface area contributed by atoms with E-state index in [1.807, 2.05) is 60.7 Å². The maximum absolute atomic E-state index is 14.8. The molecule has 58 heavy (non-hydrogen) atoms. The fourth-order valence-electron chi connectivity index (χ4n) is 9.55. The van der Waals surface area contributed by atoms with Crippen molar-refractivity contribution in [1.29, 1.82) is 0 Å². The molecule has 7 aromatic rings. The van der Waals surface area contributed by atoms with Crippen molar-refractivity contribution in [3.8, 4) is 0 Å². The number of amides is 4. The van der Waals surface area contributed by atoms with E-state index in [0.29, 0.717) is 56.2 Å². The molecule has 7 aromatic carbocycles. The van der Waals surface area contributed by atoms with Crippen LogP contribution < -0.4 is 9.80 Å². The molecule has 0 fully saturated rings. The summed E-state index contributed by atoms with van der Waals surface area (Å²) < 4.78 is 0. The Hall–Kier alpha value is -5.88. The molecule has 0 aliphatic carbocycles. The van der Waals surface area contributed by atoms with Gasteiger partial charge in [0.2, 0.25) is 0 Å². The second-order valence-electron chi connectivity index (χ2n) is 19.4. The molecular weight excluding hydrogens is 717 g/mol. The maximum atomic E-state index is 14.8. The summed E-state index contributed by atoms with van der Waals surface area (Å²) in [5.41, 5.74) is 6.72. The third-order valence-electron chi connectivity index (χ3n) is 12.2. The van der Waals surface area contributed by atoms with Crippen LogP contribution >= 0.6 is 0 Å². The van der Waals surface area contributed by atoms with Crippen molar-refractivity contribution < 1.29 is 19.2 Å². The first-order chi connectivity index (χ1) is 27.4. The monoisotopic (exact) mass is 766 g/mol. The van der Waals surface area contributed by atoms with E-state index in [1.54, 1.807) is 0 Å². The predicted molar refractivity (Wildman–Crippen MR) is 237 cm³/mol. The van der Waals surface area contributed by atoms with Gasteiger partial charge in [-0.25, -0.2) is 9.80 Å². The molecule has 9 rings (SSSR count). The summed E-state index contributed by atoms with van der Waals surface area (Å²) >= 11 is 0. The lowest BCUT2D eigenvalue weighted by Crippen LogP contribution is -2.42. The van der Waals surface area contributed by atoms with Crippen LogP contribution in [-0.4, -0.2) is 23.6 Å². The SMILES string of the molecule is CC(C)Cc1ccc(CC(C)C)c(N2C(=O)c3ccc4c5ccc6c7c(ccc(c8ccc(c3c48)C2=O)c75)C(=O)N(c2cc(C(C)(C)C)ccc2C(C)(C)C)C6=O)c1. The number of carbonyl (C=O) groups excluding carboxylic acids is 4. The second-order valence-corrected chi connectivity index (χ2v) is 19.4. The molecule has 2 aliphatic rings. The Labute approximate surface area is 340 Å². The van der Waals surface area contributed by atoms with Crippen molar-refractivity contribution in [3.63, 3.8) is 0 Å². The first kappa shape index (κ1) is 37.7. The Morgan fingerprint density at radius 2 is 0.879 bits per heavy atom. The number of fused-ring (bicyclic) bond motifs is 2. The minimum absolute atomic E-state index is 0.191. The molecule has 0 unspecified atom stereocenters. The zero-order chi connectivity index (χ0) is 41.3. The topological polar surface area (TPSA) is 74.8 Å². The van der Waals surface area contributed by atoms with E-state index < -0.39 is 0 Å². The molecule has 6 heteroatoms. The zero-order valence-corrected chi connectivity index (χ0v) is 35.2. The fraction of sp³-hybridized carbons (Fsp3) is 0.308. The number of benzene rings is 7. The van der Waals surface area contributed by atoms with E-state index in [2.05, 4.69) is 93.5 Å². The minimum Gasteiger partial charge on any atom is -0.268 e. The van der Waals surface area contributed by atoms with E-state index >= 15 is 0 Å². The molecule has 292 valence electrons. The summed E-state index contributed by atoms with van der Waals surface area (Å²) in [5, 5.41) is 6.44. The summed E-state index contributed by atoms with van der Waals surface area (Å²) in [5.74, 6) is -0.597. The average molecular weight is 767 g/mol. The van der Waals surface area contributed by atoms with Gasteiger partial charge in [-0.05, 0) is 126 Å². The number of nitrogens with zero attached hydrogens (tertiary/aromatic N) is 2. The maximum Gasteiger partial charge on any atom is 0.265 e. The lowest BCUT2D eigenvalue weighted by molar-refractivity contribution is 0.0877. The zero-order valence-electron chi connectivity index (χ0n) is 35.2. The number of carbonyl (C=O) groups is 4. The average Bonchev–Trinajstić information content (AvgIpc) is 3.15. The number of hydrogen-bond acceptors (Lipinski definition) is 4. The first-order valence-corrected chi connectivity index (χ1v) is 20.6. The smallest absolute Gasteiger partial charge is 0.265 e. The van der Waals surface area contributed by atoms with Crippen LogP contribution in [0.3, 0.4) is 0 Å². The van der Waals surface area contributed by atoms with Gasteiger partial charge < -0.3 is 0 Å². The Morgan fingerprint density at radius 3 is 1.28 bits per heavy atom. The van der Waals surface area contributed by atoms with Gasteiger partial charge in [0.05, 0.1) is 11.4 Å². The second kappa shape index (κ2) is 12.8. The largest absolute Gasteiger partial charge is 0.268 e. The normalized spacial score (nSPS) is 14.9. The van der Waals surface area contributed by atoms with Crippen LogP contribution in [0.1, 0.15) is 133 Å². The molecule has 2 aliphatic heterocycles. The fourth-order valence-corrected chi connectivity index (χ4v) is 9.55. The molecule has 0 bridgehead atoms. The van der Waals surface area contributed by atoms with Crippen molar-refractivity contribution in [2.75, 3.05) is 9.80 Å². The van der Waals surface area contributed by atoms with Crippen molar-refractivity contribution >= 4 is 78.1 Å². The predicted octanol–water partition coefficient (Wildman–Crippen LogP) is 12.3. The van der Waals surface area contributed by atoms with Gasteiger partial charge in [-0.15, -0.1) is 0 Å². The van der Waals surface area contributed by atoms with Crippen molar-refractivity contribution in [3.05, 3.63) is 129 Å². The van der Waals surface area contributed by atoms with E-state index in [1.165, 1.54) is 9.80 Å². The molecule has 2 heterocycles. The lowest BCUT2D eigenvalue weighted by Gasteiger charge is -2.34. The standard InChI is InChI=1S/C52H50N2O4/c1-27(2)23-29-11-12-30(24-28(3)4)41(25-29)53-47(55)36-18-14-32-34-16-20-38-46-39(21-17-35(44(34)46)33-15-19-37(48(53)56)45(36)43(32)33)50(58)54(49(38)57)42-26-31(51(5,6)7)13-22-40(42)52(8,9)10/h11-22,25-28H,23-24H2,1-10H3. The Kier molecular flexibility index (Phi) is 8.32. The highest BCUT2D eigenvalue weighted by Gasteiger charge is 2.40. The highest BCUT2D eigenvalue weighted by Crippen LogP contribution is 2.48. The Balaban J connectivity index is 1.23. The summed E-state index contributed by atoms with van der Waals surface area (Å²) in [6, 6.07) is 27.7. The number of imide groups is 2. The van der Waals surface area contributed by atoms with Crippen molar-refractivity contribution in [1.82, 2.24) is 0 Å². The van der Waals surface area contributed by atoms with Gasteiger partial charge >= 0.3 is 0 Å². The molecular formula is C52H50N2O4. The van der Waals surface area contributed by atoms with Gasteiger partial charge in [-0.2, -0.15) is 0 Å². The Morgan fingerprint density at radius 1 is 0.448 bits per heavy atom. The van der Waals surface area contributed by atoms with E-state index in [9.17, 15) is 19.2 Å². The summed E-state index contributed by atoms with van der Waals surface area (Å²) in [7, 11) is 0. The van der Waals surface area contributed by atoms with Gasteiger partial charge in [-0.1, -0.05) is 118 Å². The van der Waals surface area contributed by atoms with Crippen molar-refractivity contribution in [2.45, 2.75) is 92.9 Å². The van der Waals surface area contributed by atoms with Crippen LogP contribution in [0.4, 0.5) is 11.4 Å². The van der Waals surface area contributed by atoms with Crippen molar-refractivity contribution in [2.24, 2.45) is 11.8 Å². The Bertz CT molecular complexity index is 2830. The third kappa shape index (κ3) is 5.51. The minimum atomic E-state index is -0.348. The molecule has 6 nitrogen and oxygen atoms in total. The van der Waals surface area contributed by atoms with Crippen LogP contribution in [0, 0.1) is 11.8 Å². The van der Waals surface area contributed by atoms with Gasteiger partial charge in [0, 0.05) is 33.0 Å². The van der Waals surface area contributed by atoms with E-state index in [0.717, 1.165) is 67.4 Å². The van der Waals surface area contributed by atoms with Gasteiger partial charge in [0.25, 0.3) is 23.6 Å². The van der Waals surface area contributed by atoms with Gasteiger partial charge in [0.1, 0.15) is 0 Å². The highest BCUT2D eigenvalue weighted by molar-refractivity contribution is 6.45. The number of anilines is 2. The summed E-state index contributed by atoms with van der Waals surface area (Å²) in [4.78, 5) is 61.7. The van der Waals surface area contributed by atoms with Gasteiger partial charge in [-0.3, -0.25) is 19.2 Å². The number of rotatable bonds is 6. The molecule has 0 N–H and O–H groups in total. The third-order valence-corrected chi connectivity index (χ3v) is 12.2. The van der Waals surface area contributed by atoms with Gasteiger partial charge in [0.15, 0.2) is 0 Å². The van der Waals surface area contributed by atoms with Crippen LogP contribution in [0.5, 0.6) is 0 Å². The molecule has 0 radical (unpaired) electrons. The van der Waals surface area contributed by atoms with Crippen LogP contribution in [0.25, 0.3) is 43.1 Å². The van der Waals surface area contributed by atoms with Crippen LogP contribution in [0.15, 0.2) is 84.9 Å². The van der Waals surface area contributed by atoms with Crippen LogP contribution in [0.2, 0.25) is 0 Å². The molecule has 0 saturated heterocycles. The molecule has 0 aromatic heterocycles. The highest BCUT2D eigenvalue weighted by atomic mass is 16.2. The quantitative estimate of drug-likeness (QED) is 0.0959. The van der Waals surface area contributed by atoms with E-state index in [4.69, 9.17) is 0 Å². The summed E-state index contributed by atoms with van der Waals surface area (Å²) in [6.07, 6.45) is 1.58. The van der Waals surface area contributed by atoms with E-state index in [-0.39, 0.29) is 34.5 Å². The number of hydrogen-bond donors (Lipinski definition) is 0. The molecule has 0 saturated carbocycles. The molecule has 0 atom stereocenters. The first-order valence-electron chi connectivity index (χ1n) is 20.6. The molecule has 4 amide bonds. The molecule has 0 spiro atoms.